The van der Waals surface area contributed by atoms with Crippen molar-refractivity contribution in [2.45, 2.75) is 6.92 Å². The minimum Gasteiger partial charge on any atom is -0.461 e. The van der Waals surface area contributed by atoms with Crippen LogP contribution < -0.4 is 5.73 Å². The fourth-order valence-corrected chi connectivity index (χ4v) is 1.42. The van der Waals surface area contributed by atoms with Crippen molar-refractivity contribution in [3.63, 3.8) is 0 Å². The molecule has 82 valence electrons. The number of rotatable bonds is 3. The highest BCUT2D eigenvalue weighted by Crippen LogP contribution is 2.08. The molecule has 15 heavy (non-hydrogen) atoms. The van der Waals surface area contributed by atoms with Crippen LogP contribution >= 0.6 is 11.8 Å². The van der Waals surface area contributed by atoms with E-state index in [1.165, 1.54) is 11.8 Å². The summed E-state index contributed by atoms with van der Waals surface area (Å²) >= 11 is 1.20. The average Bonchev–Trinajstić information content (AvgIpc) is 2.22. The van der Waals surface area contributed by atoms with Crippen molar-refractivity contribution in [1.29, 1.82) is 0 Å². The van der Waals surface area contributed by atoms with Gasteiger partial charge >= 0.3 is 5.97 Å². The van der Waals surface area contributed by atoms with Crippen LogP contribution in [-0.2, 0) is 9.53 Å². The normalized spacial score (nSPS) is 16.7. The maximum Gasteiger partial charge on any atom is 0.362 e. The third kappa shape index (κ3) is 2.94. The molecule has 1 rings (SSSR count). The molecule has 0 aromatic heterocycles. The molecular weight excluding hydrogens is 220 g/mol. The van der Waals surface area contributed by atoms with Gasteiger partial charge < -0.3 is 15.7 Å². The van der Waals surface area contributed by atoms with Gasteiger partial charge in [0.25, 0.3) is 0 Å². The lowest BCUT2D eigenvalue weighted by molar-refractivity contribution is -0.134. The van der Waals surface area contributed by atoms with Crippen LogP contribution in [-0.4, -0.2) is 40.1 Å². The molecule has 1 aliphatic rings. The van der Waals surface area contributed by atoms with Crippen LogP contribution in [0.4, 0.5) is 0 Å². The zero-order chi connectivity index (χ0) is 11.3. The Morgan fingerprint density at radius 1 is 1.73 bits per heavy atom. The molecule has 7 nitrogen and oxygen atoms in total. The van der Waals surface area contributed by atoms with E-state index in [9.17, 15) is 4.79 Å². The highest BCUT2D eigenvalue weighted by molar-refractivity contribution is 8.14. The van der Waals surface area contributed by atoms with Gasteiger partial charge in [0.1, 0.15) is 5.71 Å². The van der Waals surface area contributed by atoms with Crippen LogP contribution in [0, 0.1) is 0 Å². The van der Waals surface area contributed by atoms with Gasteiger partial charge in [-0.2, -0.15) is 0 Å². The Morgan fingerprint density at radius 2 is 2.47 bits per heavy atom. The maximum absolute atomic E-state index is 11.3. The quantitative estimate of drug-likeness (QED) is 0.302. The Labute approximate surface area is 90.1 Å². The average molecular weight is 230 g/mol. The molecule has 0 aromatic rings. The van der Waals surface area contributed by atoms with E-state index in [1.807, 2.05) is 0 Å². The summed E-state index contributed by atoms with van der Waals surface area (Å²) in [6, 6.07) is 0. The molecule has 0 aliphatic carbocycles. The first kappa shape index (κ1) is 11.5. The van der Waals surface area contributed by atoms with Crippen molar-refractivity contribution >= 4 is 34.3 Å². The molecule has 0 radical (unpaired) electrons. The van der Waals surface area contributed by atoms with Crippen molar-refractivity contribution in [3.05, 3.63) is 0 Å². The smallest absolute Gasteiger partial charge is 0.362 e. The third-order valence-electron chi connectivity index (χ3n) is 1.47. The van der Waals surface area contributed by atoms with Gasteiger partial charge in [-0.15, -0.1) is 10.2 Å². The molecule has 1 aliphatic heterocycles. The van der Waals surface area contributed by atoms with E-state index in [1.54, 1.807) is 6.92 Å². The molecule has 8 heteroatoms. The Morgan fingerprint density at radius 3 is 2.93 bits per heavy atom. The van der Waals surface area contributed by atoms with Gasteiger partial charge in [0.2, 0.25) is 5.71 Å². The lowest BCUT2D eigenvalue weighted by Crippen LogP contribution is -2.30. The molecule has 3 N–H and O–H groups in total. The largest absolute Gasteiger partial charge is 0.461 e. The second-order valence-corrected chi connectivity index (χ2v) is 3.44. The van der Waals surface area contributed by atoms with Gasteiger partial charge in [0.15, 0.2) is 5.17 Å². The summed E-state index contributed by atoms with van der Waals surface area (Å²) in [4.78, 5) is 11.3. The second-order valence-electron chi connectivity index (χ2n) is 2.44. The SMILES string of the molecule is CCOC(=O)/C(=N/O)C1=NN=C(N)SC1. The number of hydrogen-bond acceptors (Lipinski definition) is 8. The summed E-state index contributed by atoms with van der Waals surface area (Å²) in [5, 5.41) is 19.0. The minimum atomic E-state index is -0.727. The van der Waals surface area contributed by atoms with Gasteiger partial charge in [-0.1, -0.05) is 16.9 Å². The molecule has 0 bridgehead atoms. The Kier molecular flexibility index (Phi) is 4.10. The molecule has 0 unspecified atom stereocenters. The molecule has 0 fully saturated rings. The Hall–Kier alpha value is -1.57. The van der Waals surface area contributed by atoms with Crippen LogP contribution in [0.5, 0.6) is 0 Å². The first-order chi connectivity index (χ1) is 7.19. The van der Waals surface area contributed by atoms with Crippen LogP contribution in [0.3, 0.4) is 0 Å². The summed E-state index contributed by atoms with van der Waals surface area (Å²) in [5.41, 5.74) is 5.37. The predicted molar refractivity (Wildman–Crippen MR) is 57.4 cm³/mol. The topological polar surface area (TPSA) is 110 Å². The van der Waals surface area contributed by atoms with Crippen molar-refractivity contribution in [2.75, 3.05) is 12.4 Å². The molecule has 0 aromatic carbocycles. The number of carbonyl (C=O) groups excluding carboxylic acids is 1. The summed E-state index contributed by atoms with van der Waals surface area (Å²) in [5.74, 6) is -0.400. The number of thioether (sulfide) groups is 1. The lowest BCUT2D eigenvalue weighted by Gasteiger charge is -2.09. The molecule has 0 spiro atoms. The predicted octanol–water partition coefficient (Wildman–Crippen LogP) is -0.203. The van der Waals surface area contributed by atoms with E-state index in [-0.39, 0.29) is 18.0 Å². The van der Waals surface area contributed by atoms with E-state index < -0.39 is 5.97 Å². The number of carbonyl (C=O) groups is 1. The highest BCUT2D eigenvalue weighted by atomic mass is 32.2. The monoisotopic (exact) mass is 230 g/mol. The first-order valence-electron chi connectivity index (χ1n) is 4.11. The van der Waals surface area contributed by atoms with Gasteiger partial charge in [-0.3, -0.25) is 0 Å². The first-order valence-corrected chi connectivity index (χ1v) is 5.10. The zero-order valence-corrected chi connectivity index (χ0v) is 8.82. The molecule has 0 saturated heterocycles. The highest BCUT2D eigenvalue weighted by Gasteiger charge is 2.23. The third-order valence-corrected chi connectivity index (χ3v) is 2.26. The number of hydrogen-bond donors (Lipinski definition) is 2. The van der Waals surface area contributed by atoms with Crippen molar-refractivity contribution in [2.24, 2.45) is 21.1 Å². The molecule has 0 saturated carbocycles. The molecular formula is C7H10N4O3S. The van der Waals surface area contributed by atoms with E-state index in [4.69, 9.17) is 10.9 Å². The van der Waals surface area contributed by atoms with Crippen molar-refractivity contribution in [3.8, 4) is 0 Å². The Balaban J connectivity index is 2.81. The molecule has 0 amide bonds. The lowest BCUT2D eigenvalue weighted by atomic mass is 10.2. The zero-order valence-electron chi connectivity index (χ0n) is 8.01. The van der Waals surface area contributed by atoms with Crippen LogP contribution in [0.2, 0.25) is 0 Å². The van der Waals surface area contributed by atoms with Crippen LogP contribution in [0.1, 0.15) is 6.92 Å². The number of esters is 1. The molecule has 0 atom stereocenters. The van der Waals surface area contributed by atoms with Gasteiger partial charge in [-0.25, -0.2) is 4.79 Å². The summed E-state index contributed by atoms with van der Waals surface area (Å²) in [6.45, 7) is 1.85. The fourth-order valence-electron chi connectivity index (χ4n) is 0.841. The number of amidine groups is 1. The minimum absolute atomic E-state index is 0.198. The van der Waals surface area contributed by atoms with Crippen molar-refractivity contribution in [1.82, 2.24) is 0 Å². The van der Waals surface area contributed by atoms with E-state index in [2.05, 4.69) is 20.1 Å². The van der Waals surface area contributed by atoms with Crippen molar-refractivity contribution < 1.29 is 14.7 Å². The Bertz CT molecular complexity index is 350. The van der Waals surface area contributed by atoms with Gasteiger partial charge in [-0.05, 0) is 6.92 Å². The maximum atomic E-state index is 11.3. The van der Waals surface area contributed by atoms with E-state index in [0.717, 1.165) is 0 Å². The van der Waals surface area contributed by atoms with Gasteiger partial charge in [0.05, 0.1) is 6.61 Å². The summed E-state index contributed by atoms with van der Waals surface area (Å²) < 4.78 is 4.68. The standard InChI is InChI=1S/C7H10N4O3S/c1-2-14-6(12)5(11-13)4-3-15-7(8)10-9-4/h13H,2-3H2,1H3,(H2,8,10)/b11-5+. The number of oxime groups is 1. The number of nitrogens with two attached hydrogens (primary N) is 1. The fraction of sp³-hybridized carbons (Fsp3) is 0.429. The number of nitrogens with zero attached hydrogens (tertiary/aromatic N) is 3. The summed E-state index contributed by atoms with van der Waals surface area (Å²) in [7, 11) is 0. The van der Waals surface area contributed by atoms with Crippen LogP contribution in [0.15, 0.2) is 15.4 Å². The van der Waals surface area contributed by atoms with Crippen LogP contribution in [0.25, 0.3) is 0 Å². The van der Waals surface area contributed by atoms with Gasteiger partial charge in [0, 0.05) is 5.75 Å². The van der Waals surface area contributed by atoms with E-state index >= 15 is 0 Å². The summed E-state index contributed by atoms with van der Waals surface area (Å²) in [6.07, 6.45) is 0. The number of ether oxygens (including phenoxy) is 1. The van der Waals surface area contributed by atoms with E-state index in [0.29, 0.717) is 10.9 Å². The second kappa shape index (κ2) is 5.35. The molecule has 1 heterocycles.